The molecule has 0 radical (unpaired) electrons. The predicted octanol–water partition coefficient (Wildman–Crippen LogP) is 4.27. The number of nitrogens with zero attached hydrogens (tertiary/aromatic N) is 2. The fourth-order valence-electron chi connectivity index (χ4n) is 5.35. The Balaban J connectivity index is 1.35. The second-order valence-corrected chi connectivity index (χ2v) is 9.42. The lowest BCUT2D eigenvalue weighted by Gasteiger charge is -2.49. The summed E-state index contributed by atoms with van der Waals surface area (Å²) in [6, 6.07) is 8.15. The fourth-order valence-corrected chi connectivity index (χ4v) is 5.35. The molecule has 1 aromatic carbocycles. The molecular weight excluding hydrogens is 388 g/mol. The van der Waals surface area contributed by atoms with Gasteiger partial charge in [0.05, 0.1) is 19.5 Å². The minimum Gasteiger partial charge on any atom is -0.496 e. The lowest BCUT2D eigenvalue weighted by molar-refractivity contribution is -0.0424. The van der Waals surface area contributed by atoms with Crippen LogP contribution in [0.4, 0.5) is 0 Å². The van der Waals surface area contributed by atoms with Crippen LogP contribution in [0.15, 0.2) is 41.0 Å². The van der Waals surface area contributed by atoms with E-state index in [1.807, 2.05) is 12.1 Å². The van der Waals surface area contributed by atoms with E-state index in [4.69, 9.17) is 9.15 Å². The highest BCUT2D eigenvalue weighted by Gasteiger charge is 2.41. The van der Waals surface area contributed by atoms with Crippen molar-refractivity contribution >= 4 is 6.08 Å². The quantitative estimate of drug-likeness (QED) is 0.751. The summed E-state index contributed by atoms with van der Waals surface area (Å²) in [7, 11) is 1.73. The van der Waals surface area contributed by atoms with Gasteiger partial charge in [-0.1, -0.05) is 12.1 Å². The topological polar surface area (TPSA) is 49.1 Å². The van der Waals surface area contributed by atoms with E-state index in [-0.39, 0.29) is 11.5 Å². The standard InChI is InChI=1S/C26H36N2O3/c1-20-21(2)25(30-3)9-8-22(20)17-28-18-23(29)16-26(19-28)10-13-27(14-11-26)12-4-6-24-7-5-15-31-24/h4-9,15,23,29H,10-14,16-19H2,1-3H3/b6-4+. The molecule has 2 fully saturated rings. The van der Waals surface area contributed by atoms with Crippen LogP contribution in [0, 0.1) is 19.3 Å². The Hall–Kier alpha value is -2.08. The first-order valence-electron chi connectivity index (χ1n) is 11.4. The SMILES string of the molecule is COc1ccc(CN2CC(O)CC3(CCN(C/C=C/c4ccco4)CC3)C2)c(C)c1C. The van der Waals surface area contributed by atoms with Crippen LogP contribution in [-0.4, -0.2) is 60.8 Å². The lowest BCUT2D eigenvalue weighted by atomic mass is 9.71. The van der Waals surface area contributed by atoms with Crippen LogP contribution in [0.1, 0.15) is 41.7 Å². The summed E-state index contributed by atoms with van der Waals surface area (Å²) in [6.45, 7) is 10.2. The molecule has 1 aromatic heterocycles. The zero-order chi connectivity index (χ0) is 21.8. The van der Waals surface area contributed by atoms with Gasteiger partial charge in [-0.2, -0.15) is 0 Å². The molecule has 5 heteroatoms. The van der Waals surface area contributed by atoms with Gasteiger partial charge in [-0.05, 0) is 92.6 Å². The number of aliphatic hydroxyl groups excluding tert-OH is 1. The van der Waals surface area contributed by atoms with E-state index in [9.17, 15) is 5.11 Å². The van der Waals surface area contributed by atoms with E-state index in [0.717, 1.165) is 70.0 Å². The zero-order valence-electron chi connectivity index (χ0n) is 19.1. The summed E-state index contributed by atoms with van der Waals surface area (Å²) >= 11 is 0. The van der Waals surface area contributed by atoms with Crippen molar-refractivity contribution in [1.82, 2.24) is 9.80 Å². The number of methoxy groups -OCH3 is 1. The van der Waals surface area contributed by atoms with Crippen LogP contribution in [0.3, 0.4) is 0 Å². The van der Waals surface area contributed by atoms with Gasteiger partial charge in [0.25, 0.3) is 0 Å². The van der Waals surface area contributed by atoms with E-state index in [1.165, 1.54) is 16.7 Å². The number of hydrogen-bond acceptors (Lipinski definition) is 5. The third kappa shape index (κ3) is 5.22. The molecule has 0 aliphatic carbocycles. The fraction of sp³-hybridized carbons (Fsp3) is 0.538. The summed E-state index contributed by atoms with van der Waals surface area (Å²) in [5, 5.41) is 10.7. The molecule has 0 bridgehead atoms. The normalized spacial score (nSPS) is 22.4. The highest BCUT2D eigenvalue weighted by Crippen LogP contribution is 2.40. The summed E-state index contributed by atoms with van der Waals surface area (Å²) in [5.74, 6) is 1.86. The molecule has 1 spiro atoms. The highest BCUT2D eigenvalue weighted by atomic mass is 16.5. The van der Waals surface area contributed by atoms with E-state index in [0.29, 0.717) is 0 Å². The number of benzene rings is 1. The number of ether oxygens (including phenoxy) is 1. The summed E-state index contributed by atoms with van der Waals surface area (Å²) < 4.78 is 10.8. The van der Waals surface area contributed by atoms with Crippen LogP contribution >= 0.6 is 0 Å². The van der Waals surface area contributed by atoms with Crippen molar-refractivity contribution in [3.63, 3.8) is 0 Å². The Morgan fingerprint density at radius 1 is 1.16 bits per heavy atom. The first-order valence-corrected chi connectivity index (χ1v) is 11.4. The molecule has 2 aliphatic heterocycles. The predicted molar refractivity (Wildman–Crippen MR) is 124 cm³/mol. The second kappa shape index (κ2) is 9.60. The Kier molecular flexibility index (Phi) is 6.85. The maximum absolute atomic E-state index is 10.7. The van der Waals surface area contributed by atoms with E-state index in [1.54, 1.807) is 13.4 Å². The Morgan fingerprint density at radius 3 is 2.68 bits per heavy atom. The van der Waals surface area contributed by atoms with Gasteiger partial charge in [-0.25, -0.2) is 0 Å². The maximum atomic E-state index is 10.7. The zero-order valence-corrected chi connectivity index (χ0v) is 19.1. The molecule has 168 valence electrons. The number of β-amino-alcohol motifs (C(OH)–C–C–N with tert-alkyl or cyclic N) is 1. The molecule has 0 amide bonds. The van der Waals surface area contributed by atoms with Gasteiger partial charge in [0.15, 0.2) is 0 Å². The monoisotopic (exact) mass is 424 g/mol. The van der Waals surface area contributed by atoms with Gasteiger partial charge in [-0.3, -0.25) is 9.80 Å². The summed E-state index contributed by atoms with van der Waals surface area (Å²) in [4.78, 5) is 4.97. The minimum absolute atomic E-state index is 0.230. The second-order valence-electron chi connectivity index (χ2n) is 9.42. The molecule has 31 heavy (non-hydrogen) atoms. The Labute approximate surface area is 186 Å². The van der Waals surface area contributed by atoms with Gasteiger partial charge in [0.2, 0.25) is 0 Å². The first kappa shape index (κ1) is 22.1. The van der Waals surface area contributed by atoms with Gasteiger partial charge >= 0.3 is 0 Å². The molecule has 1 atom stereocenters. The number of piperidine rings is 2. The number of likely N-dealkylation sites (tertiary alicyclic amines) is 2. The molecule has 2 aliphatic rings. The van der Waals surface area contributed by atoms with E-state index < -0.39 is 0 Å². The smallest absolute Gasteiger partial charge is 0.126 e. The third-order valence-electron chi connectivity index (χ3n) is 7.27. The molecule has 1 N–H and O–H groups in total. The molecule has 3 heterocycles. The lowest BCUT2D eigenvalue weighted by Crippen LogP contribution is -2.53. The summed E-state index contributed by atoms with van der Waals surface area (Å²) in [6.07, 6.45) is 8.94. The molecule has 2 aromatic rings. The van der Waals surface area contributed by atoms with Gasteiger partial charge < -0.3 is 14.3 Å². The molecule has 2 saturated heterocycles. The molecule has 4 rings (SSSR count). The Bertz CT molecular complexity index is 882. The number of rotatable bonds is 6. The third-order valence-corrected chi connectivity index (χ3v) is 7.27. The van der Waals surface area contributed by atoms with Crippen LogP contribution in [0.2, 0.25) is 0 Å². The number of hydrogen-bond donors (Lipinski definition) is 1. The number of aliphatic hydroxyl groups is 1. The van der Waals surface area contributed by atoms with Crippen LogP contribution in [-0.2, 0) is 6.54 Å². The Morgan fingerprint density at radius 2 is 1.97 bits per heavy atom. The first-order chi connectivity index (χ1) is 15.0. The molecule has 0 saturated carbocycles. The van der Waals surface area contributed by atoms with Gasteiger partial charge in [0, 0.05) is 26.2 Å². The van der Waals surface area contributed by atoms with Crippen molar-refractivity contribution in [2.45, 2.75) is 45.8 Å². The molecule has 1 unspecified atom stereocenters. The highest BCUT2D eigenvalue weighted by molar-refractivity contribution is 5.43. The summed E-state index contributed by atoms with van der Waals surface area (Å²) in [5.41, 5.74) is 4.08. The number of furan rings is 1. The van der Waals surface area contributed by atoms with Crippen molar-refractivity contribution in [1.29, 1.82) is 0 Å². The van der Waals surface area contributed by atoms with Crippen molar-refractivity contribution in [3.05, 3.63) is 59.1 Å². The minimum atomic E-state index is -0.237. The maximum Gasteiger partial charge on any atom is 0.126 e. The van der Waals surface area contributed by atoms with E-state index in [2.05, 4.69) is 47.9 Å². The van der Waals surface area contributed by atoms with Crippen molar-refractivity contribution in [2.75, 3.05) is 39.8 Å². The van der Waals surface area contributed by atoms with E-state index >= 15 is 0 Å². The average molecular weight is 425 g/mol. The van der Waals surface area contributed by atoms with Crippen molar-refractivity contribution < 1.29 is 14.3 Å². The van der Waals surface area contributed by atoms with Crippen molar-refractivity contribution in [2.24, 2.45) is 5.41 Å². The van der Waals surface area contributed by atoms with Gasteiger partial charge in [0.1, 0.15) is 11.5 Å². The molecule has 5 nitrogen and oxygen atoms in total. The van der Waals surface area contributed by atoms with Crippen LogP contribution in [0.25, 0.3) is 6.08 Å². The van der Waals surface area contributed by atoms with Gasteiger partial charge in [-0.15, -0.1) is 0 Å². The molecular formula is C26H36N2O3. The average Bonchev–Trinajstić information content (AvgIpc) is 3.26. The van der Waals surface area contributed by atoms with Crippen LogP contribution in [0.5, 0.6) is 5.75 Å². The van der Waals surface area contributed by atoms with Crippen LogP contribution < -0.4 is 4.74 Å². The van der Waals surface area contributed by atoms with Crippen molar-refractivity contribution in [3.8, 4) is 5.75 Å². The largest absolute Gasteiger partial charge is 0.496 e.